The molecule has 0 bridgehead atoms. The van der Waals surface area contributed by atoms with Crippen LogP contribution >= 0.6 is 0 Å². The predicted octanol–water partition coefficient (Wildman–Crippen LogP) is 4.05. The number of hydrogen-bond donors (Lipinski definition) is 5. The molecule has 6 rings (SSSR count). The van der Waals surface area contributed by atoms with E-state index >= 15 is 0 Å². The molecular formula is C25H19N7O2. The van der Waals surface area contributed by atoms with Gasteiger partial charge in [0.25, 0.3) is 11.8 Å². The van der Waals surface area contributed by atoms with Gasteiger partial charge in [0.05, 0.1) is 16.8 Å². The third kappa shape index (κ3) is 3.59. The number of nitrogens with zero attached hydrogens (tertiary/aromatic N) is 2. The number of hydrazine groups is 1. The maximum atomic E-state index is 13.0. The molecule has 0 spiro atoms. The van der Waals surface area contributed by atoms with Crippen LogP contribution in [-0.4, -0.2) is 26.8 Å². The highest BCUT2D eigenvalue weighted by molar-refractivity contribution is 6.12. The number of rotatable bonds is 4. The smallest absolute Gasteiger partial charge is 0.276 e. The van der Waals surface area contributed by atoms with Crippen molar-refractivity contribution in [3.63, 3.8) is 0 Å². The standard InChI is InChI=1S/C25H19N7O2/c33-23(28-17-8-9-19-16(10-17)13-27-32-19)18-6-3-7-20-22(18)30-25(29-20)31-24(34)21-11-14-4-1-2-5-15(14)12-26-21/h1-12,27,32H,13H2,(H,28,33)(H2,29,30,31,34). The van der Waals surface area contributed by atoms with Crippen LogP contribution in [0.15, 0.2) is 72.9 Å². The van der Waals surface area contributed by atoms with Gasteiger partial charge in [0.2, 0.25) is 5.95 Å². The molecule has 34 heavy (non-hydrogen) atoms. The number of aromatic nitrogens is 3. The summed E-state index contributed by atoms with van der Waals surface area (Å²) in [7, 11) is 0. The summed E-state index contributed by atoms with van der Waals surface area (Å²) in [6, 6.07) is 20.4. The van der Waals surface area contributed by atoms with Crippen molar-refractivity contribution in [3.8, 4) is 0 Å². The van der Waals surface area contributed by atoms with Crippen molar-refractivity contribution < 1.29 is 9.59 Å². The van der Waals surface area contributed by atoms with Crippen molar-refractivity contribution >= 4 is 50.9 Å². The van der Waals surface area contributed by atoms with E-state index in [4.69, 9.17) is 0 Å². The number of imidazole rings is 1. The Hall–Kier alpha value is -4.76. The Morgan fingerprint density at radius 3 is 2.68 bits per heavy atom. The van der Waals surface area contributed by atoms with Crippen LogP contribution in [0.3, 0.4) is 0 Å². The highest BCUT2D eigenvalue weighted by Crippen LogP contribution is 2.25. The fourth-order valence-corrected chi connectivity index (χ4v) is 4.03. The largest absolute Gasteiger partial charge is 0.324 e. The zero-order valence-corrected chi connectivity index (χ0v) is 17.8. The van der Waals surface area contributed by atoms with Crippen molar-refractivity contribution in [3.05, 3.63) is 89.7 Å². The molecule has 1 aliphatic heterocycles. The van der Waals surface area contributed by atoms with Crippen LogP contribution in [0, 0.1) is 0 Å². The average Bonchev–Trinajstić information content (AvgIpc) is 3.49. The molecule has 3 heterocycles. The number of aromatic amines is 1. The van der Waals surface area contributed by atoms with Crippen molar-refractivity contribution in [1.29, 1.82) is 0 Å². The number of nitrogens with one attached hydrogen (secondary N) is 5. The first-order valence-corrected chi connectivity index (χ1v) is 10.7. The van der Waals surface area contributed by atoms with Gasteiger partial charge in [-0.3, -0.25) is 19.9 Å². The molecule has 0 atom stereocenters. The summed E-state index contributed by atoms with van der Waals surface area (Å²) >= 11 is 0. The molecular weight excluding hydrogens is 430 g/mol. The summed E-state index contributed by atoms with van der Waals surface area (Å²) in [4.78, 5) is 37.5. The first-order valence-electron chi connectivity index (χ1n) is 10.7. The topological polar surface area (TPSA) is 124 Å². The minimum absolute atomic E-state index is 0.241. The maximum Gasteiger partial charge on any atom is 0.276 e. The molecule has 2 amide bonds. The molecule has 1 aliphatic rings. The van der Waals surface area contributed by atoms with Crippen molar-refractivity contribution in [1.82, 2.24) is 20.4 Å². The van der Waals surface area contributed by atoms with Gasteiger partial charge >= 0.3 is 0 Å². The molecule has 0 unspecified atom stereocenters. The first-order chi connectivity index (χ1) is 16.6. The fraction of sp³-hybridized carbons (Fsp3) is 0.0400. The molecule has 166 valence electrons. The van der Waals surface area contributed by atoms with E-state index in [1.54, 1.807) is 30.5 Å². The minimum atomic E-state index is -0.392. The van der Waals surface area contributed by atoms with Crippen molar-refractivity contribution in [2.45, 2.75) is 6.54 Å². The number of amides is 2. The lowest BCUT2D eigenvalue weighted by Gasteiger charge is -2.07. The van der Waals surface area contributed by atoms with Gasteiger partial charge in [-0.2, -0.15) is 0 Å². The average molecular weight is 449 g/mol. The van der Waals surface area contributed by atoms with E-state index in [0.717, 1.165) is 22.0 Å². The van der Waals surface area contributed by atoms with Crippen molar-refractivity contribution in [2.24, 2.45) is 0 Å². The molecule has 0 aliphatic carbocycles. The lowest BCUT2D eigenvalue weighted by atomic mass is 10.1. The van der Waals surface area contributed by atoms with Gasteiger partial charge in [-0.15, -0.1) is 0 Å². The number of pyridine rings is 1. The molecule has 3 aromatic carbocycles. The summed E-state index contributed by atoms with van der Waals surface area (Å²) in [6.07, 6.45) is 1.66. The quantitative estimate of drug-likeness (QED) is 0.282. The van der Waals surface area contributed by atoms with Crippen LogP contribution < -0.4 is 21.5 Å². The summed E-state index contributed by atoms with van der Waals surface area (Å²) in [5, 5.41) is 7.54. The number of carbonyl (C=O) groups excluding carboxylic acids is 2. The summed E-state index contributed by atoms with van der Waals surface area (Å²) in [5.74, 6) is -0.439. The number of fused-ring (bicyclic) bond motifs is 3. The van der Waals surface area contributed by atoms with E-state index in [-0.39, 0.29) is 17.5 Å². The second kappa shape index (κ2) is 7.98. The summed E-state index contributed by atoms with van der Waals surface area (Å²) < 4.78 is 0. The molecule has 2 aromatic heterocycles. The van der Waals surface area contributed by atoms with E-state index < -0.39 is 5.91 Å². The molecule has 0 fully saturated rings. The third-order valence-electron chi connectivity index (χ3n) is 5.72. The number of para-hydroxylation sites is 1. The summed E-state index contributed by atoms with van der Waals surface area (Å²) in [6.45, 7) is 0.684. The Balaban J connectivity index is 1.25. The van der Waals surface area contributed by atoms with Crippen molar-refractivity contribution in [2.75, 3.05) is 16.1 Å². The highest BCUT2D eigenvalue weighted by atomic mass is 16.2. The Labute approximate surface area is 193 Å². The SMILES string of the molecule is O=C(Nc1nc2c(C(=O)Nc3ccc4c(c3)CNN4)cccc2[nH]1)c1cc2ccccc2cn1. The van der Waals surface area contributed by atoms with Gasteiger partial charge in [-0.25, -0.2) is 10.4 Å². The third-order valence-corrected chi connectivity index (χ3v) is 5.72. The normalized spacial score (nSPS) is 12.4. The van der Waals surface area contributed by atoms with E-state index in [9.17, 15) is 9.59 Å². The van der Waals surface area contributed by atoms with Crippen LogP contribution in [-0.2, 0) is 6.54 Å². The van der Waals surface area contributed by atoms with Gasteiger partial charge < -0.3 is 15.7 Å². The Kier molecular flexibility index (Phi) is 4.67. The van der Waals surface area contributed by atoms with Gasteiger partial charge in [-0.05, 0) is 47.3 Å². The lowest BCUT2D eigenvalue weighted by molar-refractivity contribution is 0.101. The first kappa shape index (κ1) is 19.9. The molecule has 0 radical (unpaired) electrons. The van der Waals surface area contributed by atoms with Gasteiger partial charge in [0, 0.05) is 23.8 Å². The van der Waals surface area contributed by atoms with Crippen LogP contribution in [0.4, 0.5) is 17.3 Å². The molecule has 5 N–H and O–H groups in total. The molecule has 9 heteroatoms. The molecule has 9 nitrogen and oxygen atoms in total. The maximum absolute atomic E-state index is 13.0. The van der Waals surface area contributed by atoms with E-state index in [1.165, 1.54) is 0 Å². The fourth-order valence-electron chi connectivity index (χ4n) is 4.03. The zero-order chi connectivity index (χ0) is 23.1. The number of carbonyl (C=O) groups is 2. The van der Waals surface area contributed by atoms with Crippen LogP contribution in [0.1, 0.15) is 26.4 Å². The highest BCUT2D eigenvalue weighted by Gasteiger charge is 2.17. The minimum Gasteiger partial charge on any atom is -0.324 e. The van der Waals surface area contributed by atoms with E-state index in [2.05, 4.69) is 36.4 Å². The zero-order valence-electron chi connectivity index (χ0n) is 17.8. The Bertz CT molecular complexity index is 1590. The lowest BCUT2D eigenvalue weighted by Crippen LogP contribution is -2.14. The Morgan fingerprint density at radius 1 is 0.882 bits per heavy atom. The van der Waals surface area contributed by atoms with E-state index in [1.807, 2.05) is 42.5 Å². The molecule has 0 saturated carbocycles. The number of benzene rings is 3. The number of hydrogen-bond acceptors (Lipinski definition) is 6. The van der Waals surface area contributed by atoms with Crippen LogP contribution in [0.5, 0.6) is 0 Å². The van der Waals surface area contributed by atoms with Gasteiger partial charge in [0.15, 0.2) is 0 Å². The monoisotopic (exact) mass is 449 g/mol. The predicted molar refractivity (Wildman–Crippen MR) is 131 cm³/mol. The summed E-state index contributed by atoms with van der Waals surface area (Å²) in [5.41, 5.74) is 10.6. The van der Waals surface area contributed by atoms with E-state index in [0.29, 0.717) is 28.8 Å². The molecule has 0 saturated heterocycles. The Morgan fingerprint density at radius 2 is 1.76 bits per heavy atom. The second-order valence-electron chi connectivity index (χ2n) is 7.96. The van der Waals surface area contributed by atoms with Crippen LogP contribution in [0.25, 0.3) is 21.8 Å². The molecule has 5 aromatic rings. The van der Waals surface area contributed by atoms with Gasteiger partial charge in [-0.1, -0.05) is 30.3 Å². The number of anilines is 3. The van der Waals surface area contributed by atoms with Crippen LogP contribution in [0.2, 0.25) is 0 Å². The van der Waals surface area contributed by atoms with Gasteiger partial charge in [0.1, 0.15) is 11.2 Å². The number of H-pyrrole nitrogens is 1. The second-order valence-corrected chi connectivity index (χ2v) is 7.96.